The van der Waals surface area contributed by atoms with E-state index in [2.05, 4.69) is 10.3 Å². The fourth-order valence-electron chi connectivity index (χ4n) is 2.39. The van der Waals surface area contributed by atoms with Gasteiger partial charge in [0, 0.05) is 4.90 Å². The van der Waals surface area contributed by atoms with Crippen LogP contribution < -0.4 is 10.3 Å². The number of hydrogen-bond acceptors (Lipinski definition) is 3. The summed E-state index contributed by atoms with van der Waals surface area (Å²) < 4.78 is 14.0. The van der Waals surface area contributed by atoms with Crippen LogP contribution in [0.4, 0.5) is 4.39 Å². The van der Waals surface area contributed by atoms with E-state index < -0.39 is 11.7 Å². The zero-order valence-electron chi connectivity index (χ0n) is 13.6. The Bertz CT molecular complexity index is 884. The van der Waals surface area contributed by atoms with E-state index in [-0.39, 0.29) is 5.56 Å². The topological polar surface area (TPSA) is 41.1 Å². The third-order valence-electron chi connectivity index (χ3n) is 3.64. The van der Waals surface area contributed by atoms with E-state index >= 15 is 0 Å². The largest absolute Gasteiger partial charge is 0.277 e. The molecule has 2 N–H and O–H groups in total. The summed E-state index contributed by atoms with van der Waals surface area (Å²) in [5, 5.41) is 0. The van der Waals surface area contributed by atoms with Crippen molar-refractivity contribution in [3.8, 4) is 11.1 Å². The molecule has 0 aliphatic carbocycles. The molecule has 1 amide bonds. The number of benzene rings is 3. The summed E-state index contributed by atoms with van der Waals surface area (Å²) in [7, 11) is 0. The summed E-state index contributed by atoms with van der Waals surface area (Å²) in [5.41, 5.74) is 5.36. The van der Waals surface area contributed by atoms with Crippen LogP contribution in [0.5, 0.6) is 0 Å². The second-order valence-electron chi connectivity index (χ2n) is 5.54. The number of rotatable bonds is 5. The normalized spacial score (nSPS) is 10.5. The summed E-state index contributed by atoms with van der Waals surface area (Å²) in [4.78, 5) is 16.0. The van der Waals surface area contributed by atoms with Gasteiger partial charge in [-0.2, -0.15) is 4.83 Å². The van der Waals surface area contributed by atoms with Gasteiger partial charge in [0.1, 0.15) is 5.82 Å². The second-order valence-corrected chi connectivity index (χ2v) is 6.42. The maximum Gasteiger partial charge on any atom is 0.269 e. The lowest BCUT2D eigenvalue weighted by molar-refractivity contribution is 0.0943. The highest BCUT2D eigenvalue weighted by Gasteiger charge is 2.13. The van der Waals surface area contributed by atoms with Gasteiger partial charge in [-0.15, -0.1) is 0 Å². The number of aryl methyl sites for hydroxylation is 1. The molecule has 3 aromatic rings. The highest BCUT2D eigenvalue weighted by atomic mass is 32.2. The van der Waals surface area contributed by atoms with E-state index in [0.717, 1.165) is 21.6 Å². The van der Waals surface area contributed by atoms with Gasteiger partial charge < -0.3 is 0 Å². The Labute approximate surface area is 150 Å². The van der Waals surface area contributed by atoms with Gasteiger partial charge in [-0.05, 0) is 59.8 Å². The SMILES string of the molecule is Cc1cccc(SNNC(=O)c2cc(-c3ccccc3)ccc2F)c1. The number of carbonyl (C=O) groups excluding carboxylic acids is 1. The molecule has 0 unspecified atom stereocenters. The van der Waals surface area contributed by atoms with Crippen LogP contribution in [-0.4, -0.2) is 5.91 Å². The molecule has 0 fully saturated rings. The molecule has 3 aromatic carbocycles. The first-order valence-electron chi connectivity index (χ1n) is 7.77. The molecular formula is C20H17FN2OS. The first-order valence-corrected chi connectivity index (χ1v) is 8.59. The molecule has 5 heteroatoms. The maximum absolute atomic E-state index is 14.0. The Morgan fingerprint density at radius 2 is 1.72 bits per heavy atom. The lowest BCUT2D eigenvalue weighted by atomic mass is 10.0. The van der Waals surface area contributed by atoms with Crippen LogP contribution in [0.15, 0.2) is 77.7 Å². The van der Waals surface area contributed by atoms with E-state index in [1.807, 2.05) is 61.5 Å². The number of nitrogens with one attached hydrogen (secondary N) is 2. The van der Waals surface area contributed by atoms with Crippen molar-refractivity contribution in [3.63, 3.8) is 0 Å². The Hall–Kier alpha value is -2.63. The maximum atomic E-state index is 14.0. The molecule has 0 heterocycles. The molecule has 0 aliphatic rings. The third kappa shape index (κ3) is 4.47. The predicted octanol–water partition coefficient (Wildman–Crippen LogP) is 4.74. The number of amides is 1. The Morgan fingerprint density at radius 1 is 0.920 bits per heavy atom. The van der Waals surface area contributed by atoms with Crippen molar-refractivity contribution in [1.82, 2.24) is 10.3 Å². The molecule has 0 aliphatic heterocycles. The van der Waals surface area contributed by atoms with Crippen LogP contribution in [0.2, 0.25) is 0 Å². The summed E-state index contributed by atoms with van der Waals surface area (Å²) in [6.45, 7) is 1.99. The summed E-state index contributed by atoms with van der Waals surface area (Å²) in [5.74, 6) is -1.07. The Kier molecular flexibility index (Phi) is 5.48. The van der Waals surface area contributed by atoms with Crippen LogP contribution in [-0.2, 0) is 0 Å². The minimum atomic E-state index is -0.556. The van der Waals surface area contributed by atoms with Crippen LogP contribution in [0.25, 0.3) is 11.1 Å². The smallest absolute Gasteiger partial charge is 0.269 e. The van der Waals surface area contributed by atoms with Gasteiger partial charge in [-0.25, -0.2) is 4.39 Å². The van der Waals surface area contributed by atoms with Crippen molar-refractivity contribution < 1.29 is 9.18 Å². The van der Waals surface area contributed by atoms with Gasteiger partial charge in [0.15, 0.2) is 0 Å². The van der Waals surface area contributed by atoms with Crippen LogP contribution in [0, 0.1) is 12.7 Å². The molecule has 3 rings (SSSR count). The quantitative estimate of drug-likeness (QED) is 0.515. The first kappa shape index (κ1) is 17.2. The fraction of sp³-hybridized carbons (Fsp3) is 0.0500. The number of carbonyl (C=O) groups is 1. The molecular weight excluding hydrogens is 335 g/mol. The van der Waals surface area contributed by atoms with E-state index in [9.17, 15) is 9.18 Å². The van der Waals surface area contributed by atoms with E-state index in [0.29, 0.717) is 0 Å². The van der Waals surface area contributed by atoms with Crippen molar-refractivity contribution in [3.05, 3.63) is 89.7 Å². The lowest BCUT2D eigenvalue weighted by Gasteiger charge is -2.09. The second kappa shape index (κ2) is 7.96. The summed E-state index contributed by atoms with van der Waals surface area (Å²) >= 11 is 1.26. The van der Waals surface area contributed by atoms with Crippen LogP contribution in [0.1, 0.15) is 15.9 Å². The zero-order chi connectivity index (χ0) is 17.6. The van der Waals surface area contributed by atoms with Gasteiger partial charge in [0.05, 0.1) is 5.56 Å². The molecule has 3 nitrogen and oxygen atoms in total. The molecule has 126 valence electrons. The molecule has 0 aromatic heterocycles. The van der Waals surface area contributed by atoms with E-state index in [1.165, 1.54) is 18.0 Å². The summed E-state index contributed by atoms with van der Waals surface area (Å²) in [6, 6.07) is 21.9. The number of hydrazine groups is 1. The molecule has 25 heavy (non-hydrogen) atoms. The fourth-order valence-corrected chi connectivity index (χ4v) is 3.04. The van der Waals surface area contributed by atoms with Crippen molar-refractivity contribution in [2.45, 2.75) is 11.8 Å². The van der Waals surface area contributed by atoms with Gasteiger partial charge in [-0.1, -0.05) is 48.5 Å². The van der Waals surface area contributed by atoms with E-state index in [4.69, 9.17) is 0 Å². The highest BCUT2D eigenvalue weighted by molar-refractivity contribution is 7.97. The lowest BCUT2D eigenvalue weighted by Crippen LogP contribution is -2.33. The van der Waals surface area contributed by atoms with Crippen molar-refractivity contribution in [2.24, 2.45) is 0 Å². The van der Waals surface area contributed by atoms with E-state index in [1.54, 1.807) is 12.1 Å². The molecule has 0 spiro atoms. The summed E-state index contributed by atoms with van der Waals surface area (Å²) in [6.07, 6.45) is 0. The third-order valence-corrected chi connectivity index (χ3v) is 4.33. The Morgan fingerprint density at radius 3 is 2.48 bits per heavy atom. The molecule has 0 saturated carbocycles. The standard InChI is InChI=1S/C20H17FN2OS/c1-14-6-5-9-17(12-14)25-23-22-20(24)18-13-16(10-11-19(18)21)15-7-3-2-4-8-15/h2-13,23H,1H3,(H,22,24). The van der Waals surface area contributed by atoms with Gasteiger partial charge >= 0.3 is 0 Å². The van der Waals surface area contributed by atoms with Gasteiger partial charge in [0.25, 0.3) is 5.91 Å². The minimum Gasteiger partial charge on any atom is -0.277 e. The average Bonchev–Trinajstić information content (AvgIpc) is 2.63. The molecule has 0 radical (unpaired) electrons. The van der Waals surface area contributed by atoms with Crippen molar-refractivity contribution in [2.75, 3.05) is 0 Å². The Balaban J connectivity index is 1.69. The number of hydrogen-bond donors (Lipinski definition) is 2. The minimum absolute atomic E-state index is 0.00121. The van der Waals surface area contributed by atoms with Crippen LogP contribution in [0.3, 0.4) is 0 Å². The molecule has 0 saturated heterocycles. The monoisotopic (exact) mass is 352 g/mol. The first-order chi connectivity index (χ1) is 12.1. The van der Waals surface area contributed by atoms with Crippen molar-refractivity contribution >= 4 is 17.9 Å². The average molecular weight is 352 g/mol. The number of halogens is 1. The van der Waals surface area contributed by atoms with Crippen molar-refractivity contribution in [1.29, 1.82) is 0 Å². The highest BCUT2D eigenvalue weighted by Crippen LogP contribution is 2.22. The van der Waals surface area contributed by atoms with Gasteiger partial charge in [-0.3, -0.25) is 10.2 Å². The molecule has 0 bridgehead atoms. The van der Waals surface area contributed by atoms with Crippen LogP contribution >= 0.6 is 11.9 Å². The molecule has 0 atom stereocenters. The zero-order valence-corrected chi connectivity index (χ0v) is 14.4. The predicted molar refractivity (Wildman–Crippen MR) is 99.5 cm³/mol. The van der Waals surface area contributed by atoms with Gasteiger partial charge in [0.2, 0.25) is 0 Å².